The second kappa shape index (κ2) is 8.84. The molecule has 0 saturated carbocycles. The Balaban J connectivity index is 1.88. The predicted molar refractivity (Wildman–Crippen MR) is 111 cm³/mol. The van der Waals surface area contributed by atoms with Crippen molar-refractivity contribution in [2.24, 2.45) is 0 Å². The highest BCUT2D eigenvalue weighted by atomic mass is 32.2. The van der Waals surface area contributed by atoms with E-state index in [1.54, 1.807) is 30.3 Å². The quantitative estimate of drug-likeness (QED) is 0.777. The van der Waals surface area contributed by atoms with Crippen LogP contribution >= 0.6 is 0 Å². The van der Waals surface area contributed by atoms with Crippen LogP contribution in [0.2, 0.25) is 0 Å². The molecule has 1 fully saturated rings. The topological polar surface area (TPSA) is 84.9 Å². The number of hydrogen-bond donors (Lipinski definition) is 1. The molecule has 2 aromatic carbocycles. The summed E-state index contributed by atoms with van der Waals surface area (Å²) >= 11 is 0. The van der Waals surface area contributed by atoms with Gasteiger partial charge in [-0.05, 0) is 49.6 Å². The van der Waals surface area contributed by atoms with E-state index in [4.69, 9.17) is 9.47 Å². The van der Waals surface area contributed by atoms with Crippen molar-refractivity contribution in [1.29, 1.82) is 0 Å². The first-order chi connectivity index (χ1) is 13.8. The standard InChI is InChI=1S/C21H26N2O5S/c1-15-7-8-19(29(25,26)23-9-5-4-6-10-23)14-20(15)22-21(24)16-11-17(27-2)13-18(12-16)28-3/h7-8,11-14H,4-6,9-10H2,1-3H3,(H,22,24). The van der Waals surface area contributed by atoms with Gasteiger partial charge in [0.15, 0.2) is 0 Å². The summed E-state index contributed by atoms with van der Waals surface area (Å²) < 4.78 is 37.8. The van der Waals surface area contributed by atoms with E-state index >= 15 is 0 Å². The van der Waals surface area contributed by atoms with Gasteiger partial charge < -0.3 is 14.8 Å². The van der Waals surface area contributed by atoms with Crippen LogP contribution in [0.4, 0.5) is 5.69 Å². The number of methoxy groups -OCH3 is 2. The van der Waals surface area contributed by atoms with Crippen LogP contribution in [0, 0.1) is 6.92 Å². The van der Waals surface area contributed by atoms with Crippen LogP contribution < -0.4 is 14.8 Å². The average molecular weight is 419 g/mol. The lowest BCUT2D eigenvalue weighted by Gasteiger charge is -2.26. The molecule has 2 aromatic rings. The minimum Gasteiger partial charge on any atom is -0.497 e. The Morgan fingerprint density at radius 1 is 0.966 bits per heavy atom. The van der Waals surface area contributed by atoms with E-state index in [2.05, 4.69) is 5.32 Å². The molecule has 1 aliphatic rings. The number of anilines is 1. The van der Waals surface area contributed by atoms with Crippen LogP contribution in [0.5, 0.6) is 11.5 Å². The van der Waals surface area contributed by atoms with Crippen molar-refractivity contribution < 1.29 is 22.7 Å². The van der Waals surface area contributed by atoms with Crippen LogP contribution in [0.1, 0.15) is 35.2 Å². The summed E-state index contributed by atoms with van der Waals surface area (Å²) in [5.74, 6) is 0.609. The molecule has 1 N–H and O–H groups in total. The van der Waals surface area contributed by atoms with Crippen molar-refractivity contribution in [3.05, 3.63) is 47.5 Å². The Bertz CT molecular complexity index is 976. The van der Waals surface area contributed by atoms with Gasteiger partial charge in [0.25, 0.3) is 5.91 Å². The Morgan fingerprint density at radius 3 is 2.17 bits per heavy atom. The summed E-state index contributed by atoms with van der Waals surface area (Å²) in [4.78, 5) is 13.0. The predicted octanol–water partition coefficient (Wildman–Crippen LogP) is 3.44. The van der Waals surface area contributed by atoms with Crippen molar-refractivity contribution in [2.45, 2.75) is 31.1 Å². The number of benzene rings is 2. The number of sulfonamides is 1. The maximum Gasteiger partial charge on any atom is 0.255 e. The maximum atomic E-state index is 13.0. The van der Waals surface area contributed by atoms with Crippen molar-refractivity contribution >= 4 is 21.6 Å². The van der Waals surface area contributed by atoms with Crippen LogP contribution in [-0.2, 0) is 10.0 Å². The molecule has 0 radical (unpaired) electrons. The van der Waals surface area contributed by atoms with E-state index in [1.165, 1.54) is 24.6 Å². The Kier molecular flexibility index (Phi) is 6.44. The maximum absolute atomic E-state index is 13.0. The van der Waals surface area contributed by atoms with E-state index in [-0.39, 0.29) is 10.8 Å². The molecule has 3 rings (SSSR count). The van der Waals surface area contributed by atoms with Crippen molar-refractivity contribution in [3.8, 4) is 11.5 Å². The molecule has 156 valence electrons. The first-order valence-electron chi connectivity index (χ1n) is 9.50. The molecule has 8 heteroatoms. The zero-order valence-corrected chi connectivity index (χ0v) is 17.7. The first kappa shape index (κ1) is 21.1. The fourth-order valence-corrected chi connectivity index (χ4v) is 4.83. The van der Waals surface area contributed by atoms with Crippen molar-refractivity contribution in [2.75, 3.05) is 32.6 Å². The molecular weight excluding hydrogens is 392 g/mol. The highest BCUT2D eigenvalue weighted by molar-refractivity contribution is 7.89. The molecule has 7 nitrogen and oxygen atoms in total. The lowest BCUT2D eigenvalue weighted by molar-refractivity contribution is 0.102. The minimum atomic E-state index is -3.58. The van der Waals surface area contributed by atoms with Gasteiger partial charge in [-0.25, -0.2) is 8.42 Å². The number of ether oxygens (including phenoxy) is 2. The Morgan fingerprint density at radius 2 is 1.59 bits per heavy atom. The third-order valence-electron chi connectivity index (χ3n) is 5.02. The molecule has 0 unspecified atom stereocenters. The van der Waals surface area contributed by atoms with Gasteiger partial charge in [-0.1, -0.05) is 12.5 Å². The molecule has 0 spiro atoms. The number of carbonyl (C=O) groups is 1. The average Bonchev–Trinajstić information content (AvgIpc) is 2.75. The molecule has 0 atom stereocenters. The van der Waals surface area contributed by atoms with Gasteiger partial charge in [-0.3, -0.25) is 4.79 Å². The number of rotatable bonds is 6. The van der Waals surface area contributed by atoms with Gasteiger partial charge in [-0.2, -0.15) is 4.31 Å². The summed E-state index contributed by atoms with van der Waals surface area (Å²) in [7, 11) is -0.562. The monoisotopic (exact) mass is 418 g/mol. The number of hydrogen-bond acceptors (Lipinski definition) is 5. The SMILES string of the molecule is COc1cc(OC)cc(C(=O)Nc2cc(S(=O)(=O)N3CCCCC3)ccc2C)c1. The fourth-order valence-electron chi connectivity index (χ4n) is 3.28. The number of amides is 1. The molecule has 0 bridgehead atoms. The van der Waals surface area contributed by atoms with Crippen LogP contribution in [0.25, 0.3) is 0 Å². The molecule has 1 heterocycles. The molecule has 0 aliphatic carbocycles. The van der Waals surface area contributed by atoms with Gasteiger partial charge in [0.1, 0.15) is 11.5 Å². The van der Waals surface area contributed by atoms with Crippen LogP contribution in [0.3, 0.4) is 0 Å². The first-order valence-corrected chi connectivity index (χ1v) is 10.9. The van der Waals surface area contributed by atoms with E-state index in [0.29, 0.717) is 35.8 Å². The van der Waals surface area contributed by atoms with Gasteiger partial charge in [0.05, 0.1) is 19.1 Å². The summed E-state index contributed by atoms with van der Waals surface area (Å²) in [5.41, 5.74) is 1.57. The third kappa shape index (κ3) is 4.71. The molecule has 1 amide bonds. The van der Waals surface area contributed by atoms with Gasteiger partial charge >= 0.3 is 0 Å². The lowest BCUT2D eigenvalue weighted by atomic mass is 10.1. The number of carbonyl (C=O) groups excluding carboxylic acids is 1. The van der Waals surface area contributed by atoms with E-state index in [1.807, 2.05) is 6.92 Å². The van der Waals surface area contributed by atoms with Gasteiger partial charge in [0, 0.05) is 30.4 Å². The Labute approximate surface area is 171 Å². The summed E-state index contributed by atoms with van der Waals surface area (Å²) in [6.07, 6.45) is 2.78. The second-order valence-electron chi connectivity index (χ2n) is 7.00. The number of piperidine rings is 1. The van der Waals surface area contributed by atoms with Crippen molar-refractivity contribution in [1.82, 2.24) is 4.31 Å². The highest BCUT2D eigenvalue weighted by Gasteiger charge is 2.26. The van der Waals surface area contributed by atoms with Gasteiger partial charge in [-0.15, -0.1) is 0 Å². The Hall–Kier alpha value is -2.58. The van der Waals surface area contributed by atoms with Crippen LogP contribution in [-0.4, -0.2) is 45.9 Å². The zero-order valence-electron chi connectivity index (χ0n) is 16.9. The highest BCUT2D eigenvalue weighted by Crippen LogP contribution is 2.27. The van der Waals surface area contributed by atoms with Gasteiger partial charge in [0.2, 0.25) is 10.0 Å². The second-order valence-corrected chi connectivity index (χ2v) is 8.93. The summed E-state index contributed by atoms with van der Waals surface area (Å²) in [5, 5.41) is 2.81. The van der Waals surface area contributed by atoms with E-state index in [9.17, 15) is 13.2 Å². The number of nitrogens with zero attached hydrogens (tertiary/aromatic N) is 1. The smallest absolute Gasteiger partial charge is 0.255 e. The molecule has 1 aliphatic heterocycles. The van der Waals surface area contributed by atoms with Crippen LogP contribution in [0.15, 0.2) is 41.3 Å². The summed E-state index contributed by atoms with van der Waals surface area (Å²) in [6, 6.07) is 9.69. The fraction of sp³-hybridized carbons (Fsp3) is 0.381. The minimum absolute atomic E-state index is 0.184. The molecular formula is C21H26N2O5S. The molecule has 0 aromatic heterocycles. The largest absolute Gasteiger partial charge is 0.497 e. The number of aryl methyl sites for hydroxylation is 1. The van der Waals surface area contributed by atoms with E-state index < -0.39 is 10.0 Å². The zero-order chi connectivity index (χ0) is 21.0. The molecule has 1 saturated heterocycles. The van der Waals surface area contributed by atoms with Crippen molar-refractivity contribution in [3.63, 3.8) is 0 Å². The molecule has 29 heavy (non-hydrogen) atoms. The summed E-state index contributed by atoms with van der Waals surface area (Å²) in [6.45, 7) is 2.88. The lowest BCUT2D eigenvalue weighted by Crippen LogP contribution is -2.35. The third-order valence-corrected chi connectivity index (χ3v) is 6.92. The van der Waals surface area contributed by atoms with E-state index in [0.717, 1.165) is 24.8 Å². The number of nitrogens with one attached hydrogen (secondary N) is 1. The normalized spacial score (nSPS) is 15.0.